The molecule has 1 saturated carbocycles. The first kappa shape index (κ1) is 14.4. The number of aryl methyl sites for hydroxylation is 1. The van der Waals surface area contributed by atoms with E-state index in [9.17, 15) is 4.79 Å². The summed E-state index contributed by atoms with van der Waals surface area (Å²) in [5, 5.41) is 3.19. The Balaban J connectivity index is 1.74. The van der Waals surface area contributed by atoms with E-state index in [2.05, 4.69) is 30.8 Å². The summed E-state index contributed by atoms with van der Waals surface area (Å²) in [5.41, 5.74) is 0.709. The predicted molar refractivity (Wildman–Crippen MR) is 84.2 cm³/mol. The number of imidazole rings is 1. The molecule has 6 heteroatoms. The zero-order chi connectivity index (χ0) is 14.8. The van der Waals surface area contributed by atoms with Gasteiger partial charge in [0.1, 0.15) is 5.69 Å². The third-order valence-electron chi connectivity index (χ3n) is 4.14. The van der Waals surface area contributed by atoms with E-state index in [1.807, 2.05) is 36.3 Å². The third kappa shape index (κ3) is 2.90. The number of hydrogen-bond acceptors (Lipinski definition) is 2. The van der Waals surface area contributed by atoms with Crippen molar-refractivity contribution in [2.45, 2.75) is 44.8 Å². The van der Waals surface area contributed by atoms with Crippen molar-refractivity contribution < 1.29 is 4.79 Å². The number of carbonyl (C=O) groups is 1. The Bertz CT molecular complexity index is 620. The molecule has 1 aliphatic carbocycles. The highest BCUT2D eigenvalue weighted by atomic mass is 79.9. The second kappa shape index (κ2) is 6.05. The van der Waals surface area contributed by atoms with E-state index < -0.39 is 0 Å². The van der Waals surface area contributed by atoms with Crippen molar-refractivity contribution >= 4 is 21.8 Å². The highest BCUT2D eigenvalue weighted by Gasteiger charge is 2.30. The number of carbonyl (C=O) groups excluding carboxylic acids is 1. The largest absolute Gasteiger partial charge is 0.346 e. The van der Waals surface area contributed by atoms with Gasteiger partial charge in [0.15, 0.2) is 0 Å². The Morgan fingerprint density at radius 3 is 3.10 bits per heavy atom. The van der Waals surface area contributed by atoms with Crippen molar-refractivity contribution in [3.05, 3.63) is 41.2 Å². The van der Waals surface area contributed by atoms with Gasteiger partial charge in [-0.05, 0) is 48.2 Å². The van der Waals surface area contributed by atoms with E-state index in [4.69, 9.17) is 0 Å². The van der Waals surface area contributed by atoms with Gasteiger partial charge in [-0.3, -0.25) is 4.79 Å². The molecule has 1 aliphatic rings. The molecule has 0 saturated heterocycles. The maximum absolute atomic E-state index is 12.5. The number of aromatic nitrogens is 3. The summed E-state index contributed by atoms with van der Waals surface area (Å²) in [7, 11) is 0. The fourth-order valence-corrected chi connectivity index (χ4v) is 3.56. The number of halogens is 1. The van der Waals surface area contributed by atoms with Crippen molar-refractivity contribution in [3.8, 4) is 0 Å². The minimum atomic E-state index is -0.000402. The smallest absolute Gasteiger partial charge is 0.268 e. The first-order valence-electron chi connectivity index (χ1n) is 7.33. The van der Waals surface area contributed by atoms with Crippen LogP contribution in [0, 0.1) is 0 Å². The molecule has 0 aromatic carbocycles. The molecule has 2 atom stereocenters. The van der Waals surface area contributed by atoms with Crippen LogP contribution in [0.5, 0.6) is 0 Å². The lowest BCUT2D eigenvalue weighted by molar-refractivity contribution is 0.0919. The number of hydrogen-bond donors (Lipinski definition) is 1. The van der Waals surface area contributed by atoms with Gasteiger partial charge in [-0.2, -0.15) is 0 Å². The average molecular weight is 351 g/mol. The molecule has 3 rings (SSSR count). The summed E-state index contributed by atoms with van der Waals surface area (Å²) in [4.78, 5) is 16.6. The van der Waals surface area contributed by atoms with Gasteiger partial charge < -0.3 is 14.5 Å². The third-order valence-corrected chi connectivity index (χ3v) is 4.57. The van der Waals surface area contributed by atoms with E-state index in [0.717, 1.165) is 30.3 Å². The van der Waals surface area contributed by atoms with Crippen LogP contribution in [0.2, 0.25) is 0 Å². The van der Waals surface area contributed by atoms with E-state index in [-0.39, 0.29) is 11.9 Å². The summed E-state index contributed by atoms with van der Waals surface area (Å²) in [6.45, 7) is 2.82. The Morgan fingerprint density at radius 2 is 2.38 bits per heavy atom. The fraction of sp³-hybridized carbons (Fsp3) is 0.467. The summed E-state index contributed by atoms with van der Waals surface area (Å²) >= 11 is 3.43. The molecule has 2 heterocycles. The summed E-state index contributed by atoms with van der Waals surface area (Å²) in [6.07, 6.45) is 10.8. The topological polar surface area (TPSA) is 51.9 Å². The molecule has 5 nitrogen and oxygen atoms in total. The zero-order valence-corrected chi connectivity index (χ0v) is 13.6. The van der Waals surface area contributed by atoms with Crippen LogP contribution in [0.4, 0.5) is 0 Å². The molecule has 0 radical (unpaired) electrons. The van der Waals surface area contributed by atoms with E-state index >= 15 is 0 Å². The van der Waals surface area contributed by atoms with Crippen LogP contribution in [0.3, 0.4) is 0 Å². The summed E-state index contributed by atoms with van der Waals surface area (Å²) in [5.74, 6) is -0.000402. The Morgan fingerprint density at radius 1 is 1.52 bits per heavy atom. The molecule has 112 valence electrons. The summed E-state index contributed by atoms with van der Waals surface area (Å²) in [6, 6.07) is 2.36. The van der Waals surface area contributed by atoms with E-state index in [1.165, 1.54) is 0 Å². The molecule has 1 fully saturated rings. The molecule has 2 unspecified atom stereocenters. The van der Waals surface area contributed by atoms with Crippen molar-refractivity contribution in [3.63, 3.8) is 0 Å². The number of amides is 1. The quantitative estimate of drug-likeness (QED) is 0.921. The van der Waals surface area contributed by atoms with Crippen LogP contribution in [0.25, 0.3) is 0 Å². The minimum Gasteiger partial charge on any atom is -0.346 e. The molecule has 1 amide bonds. The van der Waals surface area contributed by atoms with Gasteiger partial charge in [0.05, 0.1) is 12.4 Å². The first-order chi connectivity index (χ1) is 10.2. The Kier molecular flexibility index (Phi) is 4.14. The molecule has 2 aromatic rings. The van der Waals surface area contributed by atoms with E-state index in [0.29, 0.717) is 11.7 Å². The molecular weight excluding hydrogens is 332 g/mol. The molecule has 0 aliphatic heterocycles. The van der Waals surface area contributed by atoms with Gasteiger partial charge >= 0.3 is 0 Å². The lowest BCUT2D eigenvalue weighted by atomic mass is 10.1. The van der Waals surface area contributed by atoms with Gasteiger partial charge in [-0.25, -0.2) is 4.98 Å². The Hall–Kier alpha value is -1.56. The molecule has 0 spiro atoms. The van der Waals surface area contributed by atoms with Gasteiger partial charge in [0.25, 0.3) is 5.91 Å². The zero-order valence-electron chi connectivity index (χ0n) is 12.0. The monoisotopic (exact) mass is 350 g/mol. The maximum Gasteiger partial charge on any atom is 0.268 e. The molecule has 0 bridgehead atoms. The van der Waals surface area contributed by atoms with Crippen molar-refractivity contribution in [1.29, 1.82) is 0 Å². The van der Waals surface area contributed by atoms with Crippen LogP contribution < -0.4 is 5.32 Å². The van der Waals surface area contributed by atoms with Gasteiger partial charge in [-0.1, -0.05) is 0 Å². The number of nitrogens with one attached hydrogen (secondary N) is 1. The van der Waals surface area contributed by atoms with Crippen molar-refractivity contribution in [2.75, 3.05) is 0 Å². The van der Waals surface area contributed by atoms with Gasteiger partial charge in [-0.15, -0.1) is 0 Å². The second-order valence-corrected chi connectivity index (χ2v) is 6.33. The normalized spacial score (nSPS) is 21.6. The molecule has 1 N–H and O–H groups in total. The predicted octanol–water partition coefficient (Wildman–Crippen LogP) is 2.99. The molecule has 2 aromatic heterocycles. The highest BCUT2D eigenvalue weighted by Crippen LogP contribution is 2.30. The molecule has 21 heavy (non-hydrogen) atoms. The second-order valence-electron chi connectivity index (χ2n) is 5.42. The first-order valence-corrected chi connectivity index (χ1v) is 8.12. The fourth-order valence-electron chi connectivity index (χ4n) is 3.10. The summed E-state index contributed by atoms with van der Waals surface area (Å²) < 4.78 is 5.00. The standard InChI is InChI=1S/C15H19BrN4O/c1-2-19-9-11(16)8-14(19)15(21)18-12-4-3-5-13(12)20-7-6-17-10-20/h6-10,12-13H,2-5H2,1H3,(H,18,21). The van der Waals surface area contributed by atoms with Crippen LogP contribution in [0.15, 0.2) is 35.5 Å². The van der Waals surface area contributed by atoms with E-state index in [1.54, 1.807) is 6.20 Å². The number of rotatable bonds is 4. The average Bonchev–Trinajstić information content (AvgIpc) is 3.17. The number of nitrogens with zero attached hydrogens (tertiary/aromatic N) is 3. The van der Waals surface area contributed by atoms with Crippen LogP contribution >= 0.6 is 15.9 Å². The highest BCUT2D eigenvalue weighted by molar-refractivity contribution is 9.10. The van der Waals surface area contributed by atoms with Crippen LogP contribution in [-0.4, -0.2) is 26.1 Å². The van der Waals surface area contributed by atoms with Crippen molar-refractivity contribution in [1.82, 2.24) is 19.4 Å². The van der Waals surface area contributed by atoms with Crippen LogP contribution in [-0.2, 0) is 6.54 Å². The van der Waals surface area contributed by atoms with Gasteiger partial charge in [0, 0.05) is 35.6 Å². The van der Waals surface area contributed by atoms with Gasteiger partial charge in [0.2, 0.25) is 0 Å². The molecular formula is C15H19BrN4O. The maximum atomic E-state index is 12.5. The lowest BCUT2D eigenvalue weighted by Gasteiger charge is -2.22. The van der Waals surface area contributed by atoms with Crippen LogP contribution in [0.1, 0.15) is 42.7 Å². The Labute approximate surface area is 132 Å². The minimum absolute atomic E-state index is 0.000402. The SMILES string of the molecule is CCn1cc(Br)cc1C(=O)NC1CCCC1n1ccnc1. The lowest BCUT2D eigenvalue weighted by Crippen LogP contribution is -2.38. The van der Waals surface area contributed by atoms with Crippen molar-refractivity contribution in [2.24, 2.45) is 0 Å².